The van der Waals surface area contributed by atoms with E-state index in [1.54, 1.807) is 0 Å². The summed E-state index contributed by atoms with van der Waals surface area (Å²) in [6.07, 6.45) is -12.1. The molecular weight excluding hydrogens is 550 g/mol. The van der Waals surface area contributed by atoms with E-state index in [0.717, 1.165) is 12.1 Å². The number of amides is 2. The second kappa shape index (κ2) is 10.8. The summed E-state index contributed by atoms with van der Waals surface area (Å²) in [5.74, 6) is -2.55. The summed E-state index contributed by atoms with van der Waals surface area (Å²) in [5, 5.41) is 4.09. The van der Waals surface area contributed by atoms with Gasteiger partial charge in [-0.15, -0.1) is 0 Å². The number of alkyl halides is 8. The quantitative estimate of drug-likeness (QED) is 0.488. The predicted octanol–water partition coefficient (Wildman–Crippen LogP) is 4.26. The Balaban J connectivity index is 2.14. The molecule has 2 atom stereocenters. The molecule has 0 fully saturated rings. The Hall–Kier alpha value is -3.36. The fraction of sp³-hybridized carbons (Fsp3) is 0.348. The molecule has 206 valence electrons. The van der Waals surface area contributed by atoms with Crippen LogP contribution in [0.2, 0.25) is 0 Å². The molecule has 0 saturated carbocycles. The van der Waals surface area contributed by atoms with Gasteiger partial charge in [0, 0.05) is 47.4 Å². The number of nitrogens with zero attached hydrogens (tertiary/aromatic N) is 1. The smallest absolute Gasteiger partial charge is 0.351 e. The van der Waals surface area contributed by atoms with Gasteiger partial charge >= 0.3 is 12.4 Å². The maximum Gasteiger partial charge on any atom is 0.416 e. The van der Waals surface area contributed by atoms with Gasteiger partial charge in [0.05, 0.1) is 11.3 Å². The first-order chi connectivity index (χ1) is 17.5. The van der Waals surface area contributed by atoms with E-state index >= 15 is 0 Å². The molecular formula is C23H19F8N3O3S. The van der Waals surface area contributed by atoms with Crippen molar-refractivity contribution in [2.24, 2.45) is 0 Å². The van der Waals surface area contributed by atoms with Crippen LogP contribution in [0.25, 0.3) is 5.57 Å². The Morgan fingerprint density at radius 3 is 2.21 bits per heavy atom. The minimum atomic E-state index is -5.23. The Bertz CT molecular complexity index is 1260. The van der Waals surface area contributed by atoms with Crippen LogP contribution >= 0.6 is 0 Å². The van der Waals surface area contributed by atoms with Crippen LogP contribution in [-0.4, -0.2) is 45.7 Å². The van der Waals surface area contributed by atoms with E-state index in [1.165, 1.54) is 6.26 Å². The summed E-state index contributed by atoms with van der Waals surface area (Å²) in [5.41, 5.74) is -6.71. The van der Waals surface area contributed by atoms with Gasteiger partial charge in [-0.05, 0) is 35.4 Å². The highest BCUT2D eigenvalue weighted by Gasteiger charge is 2.59. The lowest BCUT2D eigenvalue weighted by Crippen LogP contribution is -2.59. The minimum absolute atomic E-state index is 0.284. The summed E-state index contributed by atoms with van der Waals surface area (Å²) >= 11 is 0. The van der Waals surface area contributed by atoms with Crippen molar-refractivity contribution in [2.75, 3.05) is 18.6 Å². The van der Waals surface area contributed by atoms with Crippen molar-refractivity contribution < 1.29 is 48.9 Å². The molecule has 15 heteroatoms. The van der Waals surface area contributed by atoms with Gasteiger partial charge in [-0.2, -0.15) is 26.3 Å². The van der Waals surface area contributed by atoms with Gasteiger partial charge in [0.15, 0.2) is 5.54 Å². The number of halogens is 8. The molecule has 1 aromatic carbocycles. The highest BCUT2D eigenvalue weighted by atomic mass is 32.2. The number of hydrogen-bond donors (Lipinski definition) is 2. The lowest BCUT2D eigenvalue weighted by atomic mass is 9.77. The van der Waals surface area contributed by atoms with Crippen molar-refractivity contribution in [2.45, 2.75) is 30.7 Å². The van der Waals surface area contributed by atoms with E-state index in [2.05, 4.69) is 10.3 Å². The Morgan fingerprint density at radius 1 is 1.11 bits per heavy atom. The molecule has 38 heavy (non-hydrogen) atoms. The van der Waals surface area contributed by atoms with Gasteiger partial charge in [0.25, 0.3) is 6.43 Å². The van der Waals surface area contributed by atoms with E-state index in [1.807, 2.05) is 5.32 Å². The first-order valence-corrected chi connectivity index (χ1v) is 12.4. The third-order valence-corrected chi connectivity index (χ3v) is 6.41. The maximum atomic E-state index is 14.6. The number of pyridine rings is 1. The number of rotatable bonds is 7. The van der Waals surface area contributed by atoms with Crippen molar-refractivity contribution in [3.8, 4) is 0 Å². The zero-order valence-electron chi connectivity index (χ0n) is 19.3. The average molecular weight is 569 g/mol. The molecule has 3 rings (SSSR count). The van der Waals surface area contributed by atoms with Gasteiger partial charge in [-0.3, -0.25) is 18.8 Å². The third kappa shape index (κ3) is 6.19. The van der Waals surface area contributed by atoms with Crippen LogP contribution in [0.15, 0.2) is 48.2 Å². The number of benzene rings is 1. The number of hydrogen-bond acceptors (Lipinski definition) is 4. The molecule has 0 bridgehead atoms. The topological polar surface area (TPSA) is 88.2 Å². The summed E-state index contributed by atoms with van der Waals surface area (Å²) in [4.78, 5) is 28.8. The SMILES string of the molecule is CS(=O)CC(=O)NCC1=C(c2ccc(C(F)F)cn2)C[C@](c2ccc(C(F)(F)F)cc2)(C(F)(F)F)NC1=O. The zero-order valence-corrected chi connectivity index (χ0v) is 20.2. The predicted molar refractivity (Wildman–Crippen MR) is 120 cm³/mol. The molecule has 1 aliphatic rings. The number of carbonyl (C=O) groups excluding carboxylic acids is 2. The Kier molecular flexibility index (Phi) is 8.29. The van der Waals surface area contributed by atoms with Crippen molar-refractivity contribution >= 4 is 28.2 Å². The third-order valence-electron chi connectivity index (χ3n) is 5.74. The van der Waals surface area contributed by atoms with Crippen LogP contribution in [0, 0.1) is 0 Å². The lowest BCUT2D eigenvalue weighted by molar-refractivity contribution is -0.201. The summed E-state index contributed by atoms with van der Waals surface area (Å²) in [7, 11) is -1.56. The average Bonchev–Trinajstić information content (AvgIpc) is 2.81. The normalized spacial score (nSPS) is 19.4. The van der Waals surface area contributed by atoms with Crippen LogP contribution in [0.5, 0.6) is 0 Å². The first kappa shape index (κ1) is 29.2. The second-order valence-electron chi connectivity index (χ2n) is 8.34. The fourth-order valence-corrected chi connectivity index (χ4v) is 4.31. The summed E-state index contributed by atoms with van der Waals surface area (Å²) in [6.45, 7) is -0.615. The minimum Gasteiger partial charge on any atom is -0.351 e. The van der Waals surface area contributed by atoms with Crippen molar-refractivity contribution in [3.05, 3.63) is 70.6 Å². The molecule has 2 amide bonds. The maximum absolute atomic E-state index is 14.6. The van der Waals surface area contributed by atoms with Crippen LogP contribution in [0.1, 0.15) is 35.2 Å². The molecule has 0 spiro atoms. The molecule has 6 nitrogen and oxygen atoms in total. The highest BCUT2D eigenvalue weighted by Crippen LogP contribution is 2.48. The summed E-state index contributed by atoms with van der Waals surface area (Å²) in [6, 6.07) is 3.93. The molecule has 1 unspecified atom stereocenters. The van der Waals surface area contributed by atoms with E-state index in [-0.39, 0.29) is 16.8 Å². The molecule has 1 aliphatic heterocycles. The molecule has 0 radical (unpaired) electrons. The number of aromatic nitrogens is 1. The standard InChI is InChI=1S/C23H19F8N3O3S/c1-38(37)11-18(35)33-10-16-15(17-7-2-12(9-32-17)19(24)25)8-21(23(29,30)31,34-20(16)36)13-3-5-14(6-4-13)22(26,27)28/h2-7,9,19H,8,10-11H2,1H3,(H,33,35)(H,34,36)/t21-,38?/m0/s1. The van der Waals surface area contributed by atoms with E-state index in [4.69, 9.17) is 0 Å². The fourth-order valence-electron chi connectivity index (χ4n) is 3.84. The lowest BCUT2D eigenvalue weighted by Gasteiger charge is -2.41. The van der Waals surface area contributed by atoms with Gasteiger partial charge < -0.3 is 10.6 Å². The largest absolute Gasteiger partial charge is 0.416 e. The molecule has 0 saturated heterocycles. The van der Waals surface area contributed by atoms with E-state index in [0.29, 0.717) is 30.5 Å². The second-order valence-corrected chi connectivity index (χ2v) is 9.77. The number of carbonyl (C=O) groups is 2. The van der Waals surface area contributed by atoms with Crippen LogP contribution in [0.3, 0.4) is 0 Å². The van der Waals surface area contributed by atoms with E-state index < -0.39 is 82.3 Å². The first-order valence-electron chi connectivity index (χ1n) is 10.7. The Labute approximate surface area is 213 Å². The number of nitrogens with one attached hydrogen (secondary N) is 2. The van der Waals surface area contributed by atoms with Crippen molar-refractivity contribution in [1.29, 1.82) is 0 Å². The summed E-state index contributed by atoms with van der Waals surface area (Å²) < 4.78 is 120. The zero-order chi connectivity index (χ0) is 28.5. The van der Waals surface area contributed by atoms with Crippen LogP contribution < -0.4 is 10.6 Å². The molecule has 0 aliphatic carbocycles. The van der Waals surface area contributed by atoms with Gasteiger partial charge in [0.2, 0.25) is 11.8 Å². The van der Waals surface area contributed by atoms with Crippen LogP contribution in [0.4, 0.5) is 35.1 Å². The Morgan fingerprint density at radius 2 is 1.74 bits per heavy atom. The molecule has 2 heterocycles. The van der Waals surface area contributed by atoms with Gasteiger partial charge in [-0.25, -0.2) is 8.78 Å². The van der Waals surface area contributed by atoms with Crippen LogP contribution in [-0.2, 0) is 32.1 Å². The molecule has 1 aromatic heterocycles. The molecule has 2 N–H and O–H groups in total. The highest BCUT2D eigenvalue weighted by molar-refractivity contribution is 7.85. The monoisotopic (exact) mass is 569 g/mol. The van der Waals surface area contributed by atoms with E-state index in [9.17, 15) is 48.9 Å². The van der Waals surface area contributed by atoms with Gasteiger partial charge in [-0.1, -0.05) is 12.1 Å². The van der Waals surface area contributed by atoms with Crippen molar-refractivity contribution in [1.82, 2.24) is 15.6 Å². The molecule has 2 aromatic rings. The van der Waals surface area contributed by atoms with Gasteiger partial charge in [0.1, 0.15) is 5.75 Å². The van der Waals surface area contributed by atoms with Crippen molar-refractivity contribution in [3.63, 3.8) is 0 Å².